The van der Waals surface area contributed by atoms with Crippen LogP contribution in [0, 0.1) is 6.92 Å². The van der Waals surface area contributed by atoms with Gasteiger partial charge in [-0.3, -0.25) is 0 Å². The molecule has 0 spiro atoms. The van der Waals surface area contributed by atoms with Gasteiger partial charge in [-0.05, 0) is 0 Å². The summed E-state index contributed by atoms with van der Waals surface area (Å²) in [6.45, 7) is 5.00. The Balaban J connectivity index is -0.0000000750. The second-order valence-electron chi connectivity index (χ2n) is 0.600. The van der Waals surface area contributed by atoms with E-state index in [9.17, 15) is 0 Å². The maximum Gasteiger partial charge on any atom is 1.00 e. The first-order valence-corrected chi connectivity index (χ1v) is 3.39. The zero-order valence-corrected chi connectivity index (χ0v) is 12.3. The summed E-state index contributed by atoms with van der Waals surface area (Å²) in [5, 5.41) is 0. The molecule has 0 unspecified atom stereocenters. The van der Waals surface area contributed by atoms with Crippen LogP contribution in [0.3, 0.4) is 0 Å². The van der Waals surface area contributed by atoms with Gasteiger partial charge in [-0.1, -0.05) is 0 Å². The Labute approximate surface area is 108 Å². The fraction of sp³-hybridized carbons (Fsp3) is 0.500. The molecule has 8 heavy (non-hydrogen) atoms. The van der Waals surface area contributed by atoms with Gasteiger partial charge >= 0.3 is 77.9 Å². The van der Waals surface area contributed by atoms with Gasteiger partial charge in [-0.25, -0.2) is 0 Å². The third-order valence-electron chi connectivity index (χ3n) is 0. The molecule has 0 aromatic heterocycles. The van der Waals surface area contributed by atoms with Crippen LogP contribution < -0.4 is 68.9 Å². The summed E-state index contributed by atoms with van der Waals surface area (Å²) in [6, 6.07) is 0. The monoisotopic (exact) mass is 258 g/mol. The van der Waals surface area contributed by atoms with Crippen LogP contribution in [-0.2, 0) is 0 Å². The van der Waals surface area contributed by atoms with E-state index in [0.29, 0.717) is 0 Å². The van der Waals surface area contributed by atoms with E-state index in [1.54, 1.807) is 6.92 Å². The van der Waals surface area contributed by atoms with E-state index < -0.39 is 9.05 Å². The minimum absolute atomic E-state index is 0. The summed E-state index contributed by atoms with van der Waals surface area (Å²) >= 11 is 0. The van der Waals surface area contributed by atoms with Gasteiger partial charge in [0.25, 0.3) is 0 Å². The molecule has 0 aliphatic heterocycles. The van der Waals surface area contributed by atoms with Gasteiger partial charge in [0.1, 0.15) is 0 Å². The number of hydrogen-bond acceptors (Lipinski definition) is 4. The van der Waals surface area contributed by atoms with E-state index in [2.05, 4.69) is 6.92 Å². The minimum Gasteiger partial charge on any atom is -0.368 e. The Hall–Kier alpha value is 2.11. The van der Waals surface area contributed by atoms with Crippen molar-refractivity contribution in [1.82, 2.24) is 0 Å². The molecule has 46 valence electrons. The molecule has 0 heterocycles. The van der Waals surface area contributed by atoms with Gasteiger partial charge in [0.2, 0.25) is 0 Å². The molecule has 0 saturated heterocycles. The van der Waals surface area contributed by atoms with Crippen LogP contribution in [0.15, 0.2) is 0 Å². The van der Waals surface area contributed by atoms with Crippen molar-refractivity contribution < 1.29 is 88.1 Å². The van der Waals surface area contributed by atoms with Crippen LogP contribution in [0.1, 0.15) is 6.92 Å². The molecule has 0 radical (unpaired) electrons. The van der Waals surface area contributed by atoms with E-state index in [4.69, 9.17) is 19.2 Å². The molecule has 0 atom stereocenters. The Bertz CT molecular complexity index is 29.5. The Morgan fingerprint density at radius 1 is 1.00 bits per heavy atom. The summed E-state index contributed by atoms with van der Waals surface area (Å²) in [5.74, 6) is 0. The Morgan fingerprint density at radius 2 is 1.00 bits per heavy atom. The predicted molar refractivity (Wildman–Crippen MR) is 25.7 cm³/mol. The summed E-state index contributed by atoms with van der Waals surface area (Å²) in [7, 11) is -4.61. The average Bonchev–Trinajstić information content (AvgIpc) is 1.36. The zero-order chi connectivity index (χ0) is 6.50. The van der Waals surface area contributed by atoms with Crippen molar-refractivity contribution in [3.8, 4) is 0 Å². The first kappa shape index (κ1) is 16.6. The topological polar surface area (TPSA) is 80.9 Å². The van der Waals surface area contributed by atoms with Crippen molar-refractivity contribution >= 4 is 9.05 Å². The molecule has 0 aromatic carbocycles. The Kier molecular flexibility index (Phi) is 18.9. The van der Waals surface area contributed by atoms with E-state index in [1.807, 2.05) is 0 Å². The second-order valence-corrected chi connectivity index (χ2v) is 1.80. The van der Waals surface area contributed by atoms with Gasteiger partial charge in [0.05, 0.1) is 0 Å². The maximum absolute atomic E-state index is 7.33. The quantitative estimate of drug-likeness (QED) is 0.260. The summed E-state index contributed by atoms with van der Waals surface area (Å²) in [5.41, 5.74) is 0. The standard InChI is InChI=1S/C2H5.Cs.H4O4Si/c1-2;;1-5(2,3)4/h1H2,2H3;;1-4H/q-1;+1;. The van der Waals surface area contributed by atoms with Crippen LogP contribution in [0.25, 0.3) is 0 Å². The molecule has 4 N–H and O–H groups in total. The smallest absolute Gasteiger partial charge is 0.368 e. The van der Waals surface area contributed by atoms with E-state index in [-0.39, 0.29) is 68.9 Å². The number of rotatable bonds is 0. The van der Waals surface area contributed by atoms with Crippen molar-refractivity contribution in [2.24, 2.45) is 0 Å². The van der Waals surface area contributed by atoms with Crippen molar-refractivity contribution in [2.45, 2.75) is 6.92 Å². The predicted octanol–water partition coefficient (Wildman–Crippen LogP) is -4.76. The molecule has 6 heteroatoms. The minimum atomic E-state index is -4.61. The first-order valence-electron chi connectivity index (χ1n) is 1.60. The molecular formula is C2H9CsO4Si. The van der Waals surface area contributed by atoms with E-state index in [0.717, 1.165) is 0 Å². The average molecular weight is 258 g/mol. The van der Waals surface area contributed by atoms with Gasteiger partial charge in [0, 0.05) is 0 Å². The first-order chi connectivity index (χ1) is 3.00. The fourth-order valence-corrected chi connectivity index (χ4v) is 0. The maximum atomic E-state index is 7.33. The van der Waals surface area contributed by atoms with Crippen LogP contribution in [0.2, 0.25) is 0 Å². The van der Waals surface area contributed by atoms with Crippen LogP contribution in [-0.4, -0.2) is 28.2 Å². The van der Waals surface area contributed by atoms with E-state index in [1.165, 1.54) is 0 Å². The van der Waals surface area contributed by atoms with Gasteiger partial charge in [0.15, 0.2) is 0 Å². The van der Waals surface area contributed by atoms with Gasteiger partial charge < -0.3 is 26.1 Å². The number of hydrogen-bond donors (Lipinski definition) is 4. The normalized spacial score (nSPS) is 8.25. The molecule has 4 nitrogen and oxygen atoms in total. The molecule has 0 aliphatic carbocycles. The second kappa shape index (κ2) is 9.11. The SMILES string of the molecule is O[Si](O)(O)O.[CH2-]C.[Cs+]. The van der Waals surface area contributed by atoms with Crippen molar-refractivity contribution in [3.63, 3.8) is 0 Å². The van der Waals surface area contributed by atoms with Crippen molar-refractivity contribution in [2.75, 3.05) is 0 Å². The molecule has 0 aromatic rings. The van der Waals surface area contributed by atoms with Crippen LogP contribution >= 0.6 is 0 Å². The third-order valence-corrected chi connectivity index (χ3v) is 0. The fourth-order valence-electron chi connectivity index (χ4n) is 0. The van der Waals surface area contributed by atoms with Gasteiger partial charge in [-0.15, -0.1) is 0 Å². The largest absolute Gasteiger partial charge is 1.00 e. The van der Waals surface area contributed by atoms with Crippen molar-refractivity contribution in [1.29, 1.82) is 0 Å². The summed E-state index contributed by atoms with van der Waals surface area (Å²) < 4.78 is 0. The van der Waals surface area contributed by atoms with Crippen LogP contribution in [0.4, 0.5) is 0 Å². The van der Waals surface area contributed by atoms with E-state index >= 15 is 0 Å². The summed E-state index contributed by atoms with van der Waals surface area (Å²) in [6.07, 6.45) is 0. The molecule has 0 bridgehead atoms. The molecule has 0 saturated carbocycles. The molecule has 0 amide bonds. The van der Waals surface area contributed by atoms with Crippen molar-refractivity contribution in [3.05, 3.63) is 6.92 Å². The van der Waals surface area contributed by atoms with Crippen LogP contribution in [0.5, 0.6) is 0 Å². The molecule has 0 rings (SSSR count). The molecule has 0 fully saturated rings. The third kappa shape index (κ3) is 92.1. The van der Waals surface area contributed by atoms with Gasteiger partial charge in [-0.2, -0.15) is 6.92 Å². The zero-order valence-electron chi connectivity index (χ0n) is 5.00. The summed E-state index contributed by atoms with van der Waals surface area (Å²) in [4.78, 5) is 29.3. The molecule has 0 aliphatic rings. The Morgan fingerprint density at radius 3 is 1.00 bits per heavy atom. The molecular weight excluding hydrogens is 249 g/mol.